The highest BCUT2D eigenvalue weighted by Gasteiger charge is 2.30. The van der Waals surface area contributed by atoms with Gasteiger partial charge in [0.05, 0.1) is 12.1 Å². The molecule has 8 heteroatoms. The van der Waals surface area contributed by atoms with E-state index in [2.05, 4.69) is 26.6 Å². The first kappa shape index (κ1) is 22.4. The largest absolute Gasteiger partial charge is 0.404 e. The van der Waals surface area contributed by atoms with Crippen LogP contribution in [0.1, 0.15) is 19.3 Å². The number of hydrogen-bond donors (Lipinski definition) is 2. The quantitative estimate of drug-likeness (QED) is 0.448. The lowest BCUT2D eigenvalue weighted by Crippen LogP contribution is -2.56. The highest BCUT2D eigenvalue weighted by Crippen LogP contribution is 2.25. The van der Waals surface area contributed by atoms with Crippen molar-refractivity contribution in [3.05, 3.63) is 36.2 Å². The van der Waals surface area contributed by atoms with Crippen molar-refractivity contribution < 1.29 is 9.59 Å². The van der Waals surface area contributed by atoms with Crippen LogP contribution in [0.15, 0.2) is 36.2 Å². The first-order valence-corrected chi connectivity index (χ1v) is 11.0. The van der Waals surface area contributed by atoms with Crippen molar-refractivity contribution in [2.24, 2.45) is 5.73 Å². The van der Waals surface area contributed by atoms with Gasteiger partial charge < -0.3 is 20.9 Å². The summed E-state index contributed by atoms with van der Waals surface area (Å²) in [4.78, 5) is 33.4. The van der Waals surface area contributed by atoms with Gasteiger partial charge in [-0.15, -0.1) is 0 Å². The van der Waals surface area contributed by atoms with Crippen LogP contribution < -0.4 is 11.1 Å². The van der Waals surface area contributed by atoms with E-state index in [4.69, 9.17) is 5.73 Å². The third-order valence-electron chi connectivity index (χ3n) is 6.52. The molecule has 30 heavy (non-hydrogen) atoms. The van der Waals surface area contributed by atoms with Crippen LogP contribution in [-0.2, 0) is 9.59 Å². The lowest BCUT2D eigenvalue weighted by Gasteiger charge is -2.43. The second kappa shape index (κ2) is 10.6. The average Bonchev–Trinajstić information content (AvgIpc) is 2.73. The van der Waals surface area contributed by atoms with E-state index >= 15 is 0 Å². The van der Waals surface area contributed by atoms with Gasteiger partial charge in [0.2, 0.25) is 5.91 Å². The SMILES string of the molecule is C=C(/C=C\C(=C/N)C(=O)NC)N1CCN(CC(=O)N2CCN(C3CCC3)CC2)CC1. The van der Waals surface area contributed by atoms with Crippen molar-refractivity contribution in [3.63, 3.8) is 0 Å². The van der Waals surface area contributed by atoms with Crippen molar-refractivity contribution in [1.82, 2.24) is 24.9 Å². The number of hydrogen-bond acceptors (Lipinski definition) is 6. The van der Waals surface area contributed by atoms with Crippen LogP contribution in [0.2, 0.25) is 0 Å². The van der Waals surface area contributed by atoms with Crippen LogP contribution in [0.5, 0.6) is 0 Å². The maximum atomic E-state index is 12.7. The minimum Gasteiger partial charge on any atom is -0.404 e. The summed E-state index contributed by atoms with van der Waals surface area (Å²) in [5.74, 6) is 0.0251. The predicted octanol–water partition coefficient (Wildman–Crippen LogP) is -0.0408. The molecule has 0 unspecified atom stereocenters. The van der Waals surface area contributed by atoms with E-state index < -0.39 is 0 Å². The Morgan fingerprint density at radius 1 is 1.00 bits per heavy atom. The van der Waals surface area contributed by atoms with Gasteiger partial charge in [0.15, 0.2) is 0 Å². The van der Waals surface area contributed by atoms with Gasteiger partial charge in [0, 0.05) is 77.3 Å². The Balaban J connectivity index is 1.38. The Bertz CT molecular complexity index is 684. The predicted molar refractivity (Wildman–Crippen MR) is 118 cm³/mol. The fourth-order valence-corrected chi connectivity index (χ4v) is 4.22. The Kier molecular flexibility index (Phi) is 7.93. The molecule has 2 heterocycles. The number of nitrogens with two attached hydrogens (primary N) is 1. The van der Waals surface area contributed by atoms with Gasteiger partial charge in [-0.05, 0) is 25.0 Å². The molecule has 3 rings (SSSR count). The molecule has 2 aliphatic heterocycles. The normalized spacial score (nSPS) is 22.2. The van der Waals surface area contributed by atoms with Crippen LogP contribution in [0.3, 0.4) is 0 Å². The smallest absolute Gasteiger partial charge is 0.252 e. The number of piperazine rings is 2. The molecule has 166 valence electrons. The van der Waals surface area contributed by atoms with E-state index in [1.165, 1.54) is 25.5 Å². The number of rotatable bonds is 7. The number of amides is 2. The molecule has 0 bridgehead atoms. The number of allylic oxidation sites excluding steroid dienone is 1. The molecule has 1 aliphatic carbocycles. The molecular formula is C22H36N6O2. The first-order valence-electron chi connectivity index (χ1n) is 11.0. The van der Waals surface area contributed by atoms with Crippen LogP contribution >= 0.6 is 0 Å². The lowest BCUT2D eigenvalue weighted by molar-refractivity contribution is -0.135. The third kappa shape index (κ3) is 5.64. The maximum Gasteiger partial charge on any atom is 0.252 e. The Labute approximate surface area is 180 Å². The summed E-state index contributed by atoms with van der Waals surface area (Å²) < 4.78 is 0. The van der Waals surface area contributed by atoms with Crippen molar-refractivity contribution in [2.45, 2.75) is 25.3 Å². The van der Waals surface area contributed by atoms with E-state index in [9.17, 15) is 9.59 Å². The van der Waals surface area contributed by atoms with Crippen molar-refractivity contribution in [1.29, 1.82) is 0 Å². The summed E-state index contributed by atoms with van der Waals surface area (Å²) in [5.41, 5.74) is 6.76. The number of carbonyl (C=O) groups is 2. The molecular weight excluding hydrogens is 380 g/mol. The molecule has 2 saturated heterocycles. The number of nitrogens with one attached hydrogen (secondary N) is 1. The molecule has 3 fully saturated rings. The number of nitrogens with zero attached hydrogens (tertiary/aromatic N) is 4. The molecule has 3 N–H and O–H groups in total. The molecule has 3 aliphatic rings. The van der Waals surface area contributed by atoms with E-state index in [-0.39, 0.29) is 11.8 Å². The fourth-order valence-electron chi connectivity index (χ4n) is 4.22. The molecule has 0 aromatic carbocycles. The van der Waals surface area contributed by atoms with E-state index in [1.54, 1.807) is 13.1 Å². The minimum absolute atomic E-state index is 0.224. The highest BCUT2D eigenvalue weighted by molar-refractivity contribution is 5.95. The molecule has 2 amide bonds. The summed E-state index contributed by atoms with van der Waals surface area (Å²) >= 11 is 0. The first-order chi connectivity index (χ1) is 14.5. The van der Waals surface area contributed by atoms with Gasteiger partial charge in [-0.1, -0.05) is 13.0 Å². The average molecular weight is 417 g/mol. The zero-order valence-electron chi connectivity index (χ0n) is 18.2. The van der Waals surface area contributed by atoms with Crippen molar-refractivity contribution in [2.75, 3.05) is 66.0 Å². The molecule has 1 saturated carbocycles. The topological polar surface area (TPSA) is 85.2 Å². The zero-order chi connectivity index (χ0) is 21.5. The van der Waals surface area contributed by atoms with Crippen LogP contribution in [-0.4, -0.2) is 103 Å². The van der Waals surface area contributed by atoms with Gasteiger partial charge in [0.1, 0.15) is 0 Å². The van der Waals surface area contributed by atoms with Crippen molar-refractivity contribution >= 4 is 11.8 Å². The summed E-state index contributed by atoms with van der Waals surface area (Å²) in [6.45, 7) is 11.6. The summed E-state index contributed by atoms with van der Waals surface area (Å²) in [6, 6.07) is 0.769. The number of carbonyl (C=O) groups excluding carboxylic acids is 2. The molecule has 0 aromatic heterocycles. The zero-order valence-corrected chi connectivity index (χ0v) is 18.2. The Morgan fingerprint density at radius 2 is 1.63 bits per heavy atom. The summed E-state index contributed by atoms with van der Waals surface area (Å²) in [7, 11) is 1.57. The standard InChI is InChI=1S/C22H36N6O2/c1-18(6-7-19(16-23)22(30)24-2)26-10-8-25(9-11-26)17-21(29)28-14-12-27(13-15-28)20-4-3-5-20/h6-7,16,20H,1,3-5,8-15,17,23H2,2H3,(H,24,30)/b7-6-,19-16+. The van der Waals surface area contributed by atoms with Gasteiger partial charge in [-0.3, -0.25) is 19.4 Å². The molecule has 8 nitrogen and oxygen atoms in total. The monoisotopic (exact) mass is 416 g/mol. The molecule has 0 atom stereocenters. The van der Waals surface area contributed by atoms with Crippen molar-refractivity contribution in [3.8, 4) is 0 Å². The van der Waals surface area contributed by atoms with E-state index in [0.29, 0.717) is 12.1 Å². The third-order valence-corrected chi connectivity index (χ3v) is 6.52. The Hall–Kier alpha value is -2.32. The van der Waals surface area contributed by atoms with E-state index in [0.717, 1.165) is 64.1 Å². The Morgan fingerprint density at radius 3 is 2.17 bits per heavy atom. The van der Waals surface area contributed by atoms with Gasteiger partial charge >= 0.3 is 0 Å². The minimum atomic E-state index is -0.224. The van der Waals surface area contributed by atoms with Gasteiger partial charge in [-0.25, -0.2) is 0 Å². The highest BCUT2D eigenvalue weighted by atomic mass is 16.2. The van der Waals surface area contributed by atoms with Crippen LogP contribution in [0.4, 0.5) is 0 Å². The maximum absolute atomic E-state index is 12.7. The van der Waals surface area contributed by atoms with Gasteiger partial charge in [-0.2, -0.15) is 0 Å². The van der Waals surface area contributed by atoms with Crippen LogP contribution in [0.25, 0.3) is 0 Å². The van der Waals surface area contributed by atoms with Gasteiger partial charge in [0.25, 0.3) is 5.91 Å². The summed E-state index contributed by atoms with van der Waals surface area (Å²) in [6.07, 6.45) is 8.80. The second-order valence-corrected chi connectivity index (χ2v) is 8.29. The van der Waals surface area contributed by atoms with E-state index in [1.807, 2.05) is 11.0 Å². The molecule has 0 aromatic rings. The molecule has 0 radical (unpaired) electrons. The second-order valence-electron chi connectivity index (χ2n) is 8.29. The molecule has 0 spiro atoms. The summed E-state index contributed by atoms with van der Waals surface area (Å²) in [5, 5.41) is 2.56. The number of likely N-dealkylation sites (N-methyl/N-ethyl adjacent to an activating group) is 1. The fraction of sp³-hybridized carbons (Fsp3) is 0.636. The lowest BCUT2D eigenvalue weighted by atomic mass is 9.91. The van der Waals surface area contributed by atoms with Crippen LogP contribution in [0, 0.1) is 0 Å².